The van der Waals surface area contributed by atoms with Gasteiger partial charge in [-0.2, -0.15) is 5.26 Å². The number of aromatic nitrogens is 1. The van der Waals surface area contributed by atoms with Crippen molar-refractivity contribution < 1.29 is 14.7 Å². The van der Waals surface area contributed by atoms with E-state index in [0.717, 1.165) is 0 Å². The molecule has 1 aromatic carbocycles. The molecule has 0 saturated carbocycles. The van der Waals surface area contributed by atoms with Crippen LogP contribution in [0.25, 0.3) is 0 Å². The van der Waals surface area contributed by atoms with Crippen LogP contribution in [0.5, 0.6) is 0 Å². The Morgan fingerprint density at radius 3 is 2.62 bits per heavy atom. The molecule has 0 spiro atoms. The molecular weight excluding hydrogens is 270 g/mol. The number of carbonyl (C=O) groups excluding carboxylic acids is 1. The molecule has 1 N–H and O–H groups in total. The van der Waals surface area contributed by atoms with Gasteiger partial charge in [0, 0.05) is 13.2 Å². The fraction of sp³-hybridized carbons (Fsp3) is 0.0667. The van der Waals surface area contributed by atoms with Crippen molar-refractivity contribution in [1.29, 1.82) is 5.26 Å². The Hall–Kier alpha value is -3.20. The average Bonchev–Trinajstić information content (AvgIpc) is 2.53. The highest BCUT2D eigenvalue weighted by molar-refractivity contribution is 6.10. The number of amides is 1. The number of hydrogen-bond donors (Lipinski definition) is 1. The Kier molecular flexibility index (Phi) is 3.95. The molecule has 0 unspecified atom stereocenters. The molecule has 0 radical (unpaired) electrons. The van der Waals surface area contributed by atoms with E-state index >= 15 is 0 Å². The molecule has 0 saturated heterocycles. The van der Waals surface area contributed by atoms with Crippen molar-refractivity contribution in [2.45, 2.75) is 0 Å². The van der Waals surface area contributed by atoms with Crippen LogP contribution in [0.3, 0.4) is 0 Å². The minimum atomic E-state index is -1.23. The first-order valence-electron chi connectivity index (χ1n) is 6.01. The zero-order chi connectivity index (χ0) is 15.4. The largest absolute Gasteiger partial charge is 0.478 e. The Bertz CT molecular complexity index is 750. The summed E-state index contributed by atoms with van der Waals surface area (Å²) in [5.74, 6) is -1.82. The molecule has 1 aromatic heterocycles. The Balaban J connectivity index is 2.46. The Morgan fingerprint density at radius 2 is 1.95 bits per heavy atom. The van der Waals surface area contributed by atoms with Crippen LogP contribution >= 0.6 is 0 Å². The molecule has 1 amide bonds. The SMILES string of the molecule is CN(C(=O)c1ncccc1C(=O)O)c1ccccc1C#N. The first kappa shape index (κ1) is 14.2. The number of carboxylic acids is 1. The molecule has 0 aliphatic heterocycles. The second-order valence-corrected chi connectivity index (χ2v) is 4.20. The van der Waals surface area contributed by atoms with E-state index in [1.54, 1.807) is 24.3 Å². The molecule has 0 atom stereocenters. The number of carboxylic acid groups (broad SMARTS) is 1. The van der Waals surface area contributed by atoms with Gasteiger partial charge in [0.15, 0.2) is 0 Å². The number of benzene rings is 1. The summed E-state index contributed by atoms with van der Waals surface area (Å²) in [7, 11) is 1.47. The van der Waals surface area contributed by atoms with Crippen LogP contribution in [0.1, 0.15) is 26.4 Å². The van der Waals surface area contributed by atoms with E-state index in [1.165, 1.54) is 30.3 Å². The van der Waals surface area contributed by atoms with Gasteiger partial charge in [-0.05, 0) is 24.3 Å². The quantitative estimate of drug-likeness (QED) is 0.927. The van der Waals surface area contributed by atoms with E-state index < -0.39 is 11.9 Å². The average molecular weight is 281 g/mol. The first-order chi connectivity index (χ1) is 10.1. The van der Waals surface area contributed by atoms with Gasteiger partial charge in [0.1, 0.15) is 11.8 Å². The van der Waals surface area contributed by atoms with E-state index in [0.29, 0.717) is 11.3 Å². The van der Waals surface area contributed by atoms with Crippen LogP contribution in [0.15, 0.2) is 42.6 Å². The molecule has 0 aliphatic carbocycles. The second kappa shape index (κ2) is 5.84. The molecule has 21 heavy (non-hydrogen) atoms. The van der Waals surface area contributed by atoms with E-state index in [1.807, 2.05) is 6.07 Å². The zero-order valence-electron chi connectivity index (χ0n) is 11.1. The summed E-state index contributed by atoms with van der Waals surface area (Å²) in [4.78, 5) is 28.6. The minimum Gasteiger partial charge on any atom is -0.478 e. The molecule has 0 aliphatic rings. The van der Waals surface area contributed by atoms with Crippen LogP contribution in [0, 0.1) is 11.3 Å². The number of hydrogen-bond acceptors (Lipinski definition) is 4. The normalized spacial score (nSPS) is 9.71. The lowest BCUT2D eigenvalue weighted by atomic mass is 10.1. The van der Waals surface area contributed by atoms with Crippen molar-refractivity contribution in [1.82, 2.24) is 4.98 Å². The Labute approximate surface area is 120 Å². The summed E-state index contributed by atoms with van der Waals surface area (Å²) in [6, 6.07) is 11.3. The van der Waals surface area contributed by atoms with Crippen LogP contribution in [-0.2, 0) is 0 Å². The van der Waals surface area contributed by atoms with E-state index in [9.17, 15) is 9.59 Å². The molecule has 2 rings (SSSR count). The van der Waals surface area contributed by atoms with Crippen LogP contribution in [-0.4, -0.2) is 29.0 Å². The third kappa shape index (κ3) is 2.72. The number of aromatic carboxylic acids is 1. The lowest BCUT2D eigenvalue weighted by Crippen LogP contribution is -2.29. The number of pyridine rings is 1. The van der Waals surface area contributed by atoms with Gasteiger partial charge < -0.3 is 10.0 Å². The molecule has 1 heterocycles. The second-order valence-electron chi connectivity index (χ2n) is 4.20. The van der Waals surface area contributed by atoms with Crippen LogP contribution < -0.4 is 4.90 Å². The molecule has 0 fully saturated rings. The monoisotopic (exact) mass is 281 g/mol. The topological polar surface area (TPSA) is 94.3 Å². The van der Waals surface area contributed by atoms with Crippen molar-refractivity contribution in [3.8, 4) is 6.07 Å². The number of nitriles is 1. The summed E-state index contributed by atoms with van der Waals surface area (Å²) in [6.45, 7) is 0. The summed E-state index contributed by atoms with van der Waals surface area (Å²) < 4.78 is 0. The van der Waals surface area contributed by atoms with Crippen molar-refractivity contribution in [3.05, 3.63) is 59.4 Å². The first-order valence-corrected chi connectivity index (χ1v) is 6.01. The number of carbonyl (C=O) groups is 2. The lowest BCUT2D eigenvalue weighted by Gasteiger charge is -2.18. The molecule has 104 valence electrons. The minimum absolute atomic E-state index is 0.166. The third-order valence-corrected chi connectivity index (χ3v) is 2.93. The molecule has 2 aromatic rings. The molecular formula is C15H11N3O3. The predicted molar refractivity (Wildman–Crippen MR) is 75.1 cm³/mol. The summed E-state index contributed by atoms with van der Waals surface area (Å²) >= 11 is 0. The van der Waals surface area contributed by atoms with Crippen molar-refractivity contribution >= 4 is 17.6 Å². The van der Waals surface area contributed by atoms with E-state index in [2.05, 4.69) is 4.98 Å². The van der Waals surface area contributed by atoms with Gasteiger partial charge in [-0.3, -0.25) is 9.78 Å². The smallest absolute Gasteiger partial charge is 0.338 e. The number of anilines is 1. The summed E-state index contributed by atoms with van der Waals surface area (Å²) in [5, 5.41) is 18.2. The number of rotatable bonds is 3. The molecule has 6 heteroatoms. The van der Waals surface area contributed by atoms with Crippen molar-refractivity contribution in [2.75, 3.05) is 11.9 Å². The predicted octanol–water partition coefficient (Wildman–Crippen LogP) is 1.93. The standard InChI is InChI=1S/C15H11N3O3/c1-18(12-7-3-2-5-10(12)9-16)14(19)13-11(15(20)21)6-4-8-17-13/h2-8H,1H3,(H,20,21). The van der Waals surface area contributed by atoms with Gasteiger partial charge in [-0.15, -0.1) is 0 Å². The lowest BCUT2D eigenvalue weighted by molar-refractivity contribution is 0.0691. The Morgan fingerprint density at radius 1 is 1.24 bits per heavy atom. The van der Waals surface area contributed by atoms with Crippen molar-refractivity contribution in [2.24, 2.45) is 0 Å². The van der Waals surface area contributed by atoms with Crippen LogP contribution in [0.2, 0.25) is 0 Å². The van der Waals surface area contributed by atoms with Crippen molar-refractivity contribution in [3.63, 3.8) is 0 Å². The van der Waals surface area contributed by atoms with Gasteiger partial charge in [0.25, 0.3) is 5.91 Å². The maximum atomic E-state index is 12.4. The summed E-state index contributed by atoms with van der Waals surface area (Å²) in [5.41, 5.74) is 0.372. The highest BCUT2D eigenvalue weighted by Crippen LogP contribution is 2.20. The van der Waals surface area contributed by atoms with Gasteiger partial charge in [0.05, 0.1) is 16.8 Å². The highest BCUT2D eigenvalue weighted by Gasteiger charge is 2.22. The maximum absolute atomic E-state index is 12.4. The van der Waals surface area contributed by atoms with Gasteiger partial charge in [-0.1, -0.05) is 12.1 Å². The van der Waals surface area contributed by atoms with Gasteiger partial charge in [-0.25, -0.2) is 4.79 Å². The summed E-state index contributed by atoms with van der Waals surface area (Å²) in [6.07, 6.45) is 1.35. The fourth-order valence-corrected chi connectivity index (χ4v) is 1.88. The van der Waals surface area contributed by atoms with Crippen LogP contribution in [0.4, 0.5) is 5.69 Å². The zero-order valence-corrected chi connectivity index (χ0v) is 11.1. The van der Waals surface area contributed by atoms with E-state index in [-0.39, 0.29) is 11.3 Å². The highest BCUT2D eigenvalue weighted by atomic mass is 16.4. The maximum Gasteiger partial charge on any atom is 0.338 e. The van der Waals surface area contributed by atoms with Gasteiger partial charge >= 0.3 is 5.97 Å². The van der Waals surface area contributed by atoms with E-state index in [4.69, 9.17) is 10.4 Å². The third-order valence-electron chi connectivity index (χ3n) is 2.93. The number of para-hydroxylation sites is 1. The molecule has 0 bridgehead atoms. The fourth-order valence-electron chi connectivity index (χ4n) is 1.88. The molecule has 6 nitrogen and oxygen atoms in total. The van der Waals surface area contributed by atoms with Gasteiger partial charge in [0.2, 0.25) is 0 Å². The number of nitrogens with zero attached hydrogens (tertiary/aromatic N) is 3.